The van der Waals surface area contributed by atoms with Crippen LogP contribution in [0.1, 0.15) is 30.4 Å². The summed E-state index contributed by atoms with van der Waals surface area (Å²) >= 11 is 11.4. The number of halogens is 2. The van der Waals surface area contributed by atoms with Gasteiger partial charge in [-0.05, 0) is 80.4 Å². The van der Waals surface area contributed by atoms with E-state index in [9.17, 15) is 14.0 Å². The number of nitrogens with zero attached hydrogens (tertiary/aromatic N) is 2. The van der Waals surface area contributed by atoms with Gasteiger partial charge in [0.1, 0.15) is 11.4 Å². The van der Waals surface area contributed by atoms with Crippen LogP contribution in [-0.2, 0) is 9.59 Å². The van der Waals surface area contributed by atoms with E-state index in [1.165, 1.54) is 23.5 Å². The van der Waals surface area contributed by atoms with Crippen LogP contribution in [0.15, 0.2) is 42.0 Å². The van der Waals surface area contributed by atoms with Crippen molar-refractivity contribution in [2.45, 2.75) is 26.2 Å². The van der Waals surface area contributed by atoms with Gasteiger partial charge in [-0.2, -0.15) is 0 Å². The van der Waals surface area contributed by atoms with Crippen LogP contribution in [0.4, 0.5) is 15.8 Å². The number of thiocarbonyl (C=S) groups is 1. The quantitative estimate of drug-likeness (QED) is 0.415. The molecule has 0 saturated carbocycles. The predicted octanol–water partition coefficient (Wildman–Crippen LogP) is 4.61. The van der Waals surface area contributed by atoms with Crippen molar-refractivity contribution >= 4 is 58.2 Å². The summed E-state index contributed by atoms with van der Waals surface area (Å²) in [6.45, 7) is 3.55. The van der Waals surface area contributed by atoms with Crippen molar-refractivity contribution in [1.29, 1.82) is 0 Å². The van der Waals surface area contributed by atoms with E-state index in [1.807, 2.05) is 6.07 Å². The lowest BCUT2D eigenvalue weighted by molar-refractivity contribution is -0.122. The molecule has 1 N–H and O–H groups in total. The van der Waals surface area contributed by atoms with Crippen LogP contribution in [-0.4, -0.2) is 30.0 Å². The van der Waals surface area contributed by atoms with Crippen molar-refractivity contribution in [2.75, 3.05) is 22.9 Å². The van der Waals surface area contributed by atoms with Gasteiger partial charge in [0.05, 0.1) is 5.69 Å². The van der Waals surface area contributed by atoms with E-state index in [0.29, 0.717) is 16.3 Å². The zero-order valence-electron chi connectivity index (χ0n) is 17.0. The van der Waals surface area contributed by atoms with Gasteiger partial charge in [-0.1, -0.05) is 17.7 Å². The number of carbonyl (C=O) groups excluding carboxylic acids is 2. The van der Waals surface area contributed by atoms with Gasteiger partial charge in [0, 0.05) is 29.4 Å². The second-order valence-electron chi connectivity index (χ2n) is 7.60. The Labute approximate surface area is 190 Å². The molecule has 0 unspecified atom stereocenters. The summed E-state index contributed by atoms with van der Waals surface area (Å²) in [5.74, 6) is -1.78. The molecule has 2 fully saturated rings. The molecule has 0 bridgehead atoms. The highest BCUT2D eigenvalue weighted by Crippen LogP contribution is 2.30. The minimum Gasteiger partial charge on any atom is -0.371 e. The van der Waals surface area contributed by atoms with Crippen molar-refractivity contribution in [2.24, 2.45) is 0 Å². The number of rotatable bonds is 3. The van der Waals surface area contributed by atoms with Crippen LogP contribution >= 0.6 is 23.8 Å². The van der Waals surface area contributed by atoms with Crippen molar-refractivity contribution in [3.63, 3.8) is 0 Å². The third-order valence-corrected chi connectivity index (χ3v) is 6.28. The molecular formula is C23H21ClFN3O2S. The molecule has 2 aromatic carbocycles. The Morgan fingerprint density at radius 1 is 1.13 bits per heavy atom. The summed E-state index contributed by atoms with van der Waals surface area (Å²) in [5.41, 5.74) is 1.88. The maximum atomic E-state index is 14.9. The Kier molecular flexibility index (Phi) is 6.07. The fraction of sp³-hybridized carbons (Fsp3) is 0.261. The van der Waals surface area contributed by atoms with Crippen LogP contribution in [0.2, 0.25) is 5.02 Å². The van der Waals surface area contributed by atoms with E-state index in [1.54, 1.807) is 31.2 Å². The Morgan fingerprint density at radius 2 is 1.87 bits per heavy atom. The average molecular weight is 458 g/mol. The second kappa shape index (κ2) is 8.77. The number of amides is 2. The van der Waals surface area contributed by atoms with Crippen LogP contribution < -0.4 is 15.1 Å². The predicted molar refractivity (Wildman–Crippen MR) is 125 cm³/mol. The summed E-state index contributed by atoms with van der Waals surface area (Å²) in [5, 5.41) is 2.94. The zero-order chi connectivity index (χ0) is 22.1. The first kappa shape index (κ1) is 21.5. The summed E-state index contributed by atoms with van der Waals surface area (Å²) < 4.78 is 14.9. The molecule has 0 radical (unpaired) electrons. The smallest absolute Gasteiger partial charge is 0.270 e. The number of benzene rings is 2. The Hall–Kier alpha value is -2.77. The van der Waals surface area contributed by atoms with Gasteiger partial charge >= 0.3 is 0 Å². The monoisotopic (exact) mass is 457 g/mol. The van der Waals surface area contributed by atoms with Crippen molar-refractivity contribution < 1.29 is 14.0 Å². The van der Waals surface area contributed by atoms with Crippen molar-refractivity contribution in [3.8, 4) is 0 Å². The molecule has 2 amide bonds. The molecule has 0 aromatic heterocycles. The van der Waals surface area contributed by atoms with E-state index >= 15 is 0 Å². The van der Waals surface area contributed by atoms with Crippen LogP contribution in [0.3, 0.4) is 0 Å². The number of hydrogen-bond acceptors (Lipinski definition) is 4. The average Bonchev–Trinajstić information content (AvgIpc) is 2.75. The van der Waals surface area contributed by atoms with Crippen LogP contribution in [0, 0.1) is 12.7 Å². The van der Waals surface area contributed by atoms with Gasteiger partial charge in [0.25, 0.3) is 11.8 Å². The fourth-order valence-electron chi connectivity index (χ4n) is 3.85. The fourth-order valence-corrected chi connectivity index (χ4v) is 4.30. The summed E-state index contributed by atoms with van der Waals surface area (Å²) in [4.78, 5) is 29.0. The van der Waals surface area contributed by atoms with Gasteiger partial charge in [-0.25, -0.2) is 4.39 Å². The Bertz CT molecular complexity index is 1110. The molecule has 0 aliphatic carbocycles. The Balaban J connectivity index is 1.68. The summed E-state index contributed by atoms with van der Waals surface area (Å²) in [7, 11) is 0. The first-order valence-corrected chi connectivity index (χ1v) is 10.9. The topological polar surface area (TPSA) is 52.7 Å². The highest BCUT2D eigenvalue weighted by molar-refractivity contribution is 7.80. The molecule has 160 valence electrons. The third kappa shape index (κ3) is 4.20. The molecule has 2 aliphatic rings. The normalized spacial score (nSPS) is 18.5. The number of anilines is 2. The highest BCUT2D eigenvalue weighted by Gasteiger charge is 2.35. The van der Waals surface area contributed by atoms with Gasteiger partial charge in [-0.3, -0.25) is 19.8 Å². The third-order valence-electron chi connectivity index (χ3n) is 5.59. The molecule has 5 nitrogen and oxygen atoms in total. The lowest BCUT2D eigenvalue weighted by Crippen LogP contribution is -2.54. The first-order valence-electron chi connectivity index (χ1n) is 10.1. The van der Waals surface area contributed by atoms with Crippen molar-refractivity contribution in [3.05, 3.63) is 63.9 Å². The molecule has 31 heavy (non-hydrogen) atoms. The molecule has 4 rings (SSSR count). The zero-order valence-corrected chi connectivity index (χ0v) is 18.5. The maximum absolute atomic E-state index is 14.9. The van der Waals surface area contributed by atoms with E-state index in [4.69, 9.17) is 23.8 Å². The van der Waals surface area contributed by atoms with Crippen LogP contribution in [0.5, 0.6) is 0 Å². The molecule has 2 saturated heterocycles. The summed E-state index contributed by atoms with van der Waals surface area (Å²) in [6, 6.07) is 9.94. The largest absolute Gasteiger partial charge is 0.371 e. The molecule has 0 atom stereocenters. The lowest BCUT2D eigenvalue weighted by Gasteiger charge is -2.30. The summed E-state index contributed by atoms with van der Waals surface area (Å²) in [6.07, 6.45) is 4.62. The molecule has 0 spiro atoms. The van der Waals surface area contributed by atoms with Gasteiger partial charge < -0.3 is 4.90 Å². The molecular weight excluding hydrogens is 437 g/mol. The van der Waals surface area contributed by atoms with Gasteiger partial charge in [0.2, 0.25) is 0 Å². The molecule has 2 aliphatic heterocycles. The SMILES string of the molecule is Cc1c(Cl)cccc1N1C(=O)/C(=C/c2ccc(N3CCCCC3)cc2F)C(=O)NC1=S. The maximum Gasteiger partial charge on any atom is 0.270 e. The minimum absolute atomic E-state index is 0.0431. The minimum atomic E-state index is -0.662. The van der Waals surface area contributed by atoms with E-state index < -0.39 is 17.6 Å². The van der Waals surface area contributed by atoms with Crippen molar-refractivity contribution in [1.82, 2.24) is 5.32 Å². The van der Waals surface area contributed by atoms with E-state index in [-0.39, 0.29) is 16.2 Å². The van der Waals surface area contributed by atoms with Crippen LogP contribution in [0.25, 0.3) is 6.08 Å². The van der Waals surface area contributed by atoms with Gasteiger partial charge in [-0.15, -0.1) is 0 Å². The molecule has 8 heteroatoms. The second-order valence-corrected chi connectivity index (χ2v) is 8.39. The number of piperidine rings is 1. The number of nitrogens with one attached hydrogen (secondary N) is 1. The standard InChI is InChI=1S/C23H21ClFN3O2S/c1-14-18(24)6-5-7-20(14)28-22(30)17(21(29)26-23(28)31)12-15-8-9-16(13-19(15)25)27-10-3-2-4-11-27/h5-9,12-13H,2-4,10-11H2,1H3,(H,26,29,31)/b17-12+. The highest BCUT2D eigenvalue weighted by atomic mass is 35.5. The molecule has 2 heterocycles. The number of carbonyl (C=O) groups is 2. The number of hydrogen-bond donors (Lipinski definition) is 1. The van der Waals surface area contributed by atoms with E-state index in [2.05, 4.69) is 10.2 Å². The van der Waals surface area contributed by atoms with Gasteiger partial charge in [0.15, 0.2) is 5.11 Å². The van der Waals surface area contributed by atoms with E-state index in [0.717, 1.165) is 31.6 Å². The Morgan fingerprint density at radius 3 is 2.58 bits per heavy atom. The molecule has 2 aromatic rings. The first-order chi connectivity index (χ1) is 14.9. The lowest BCUT2D eigenvalue weighted by atomic mass is 10.0.